The van der Waals surface area contributed by atoms with Gasteiger partial charge in [0, 0.05) is 16.7 Å². The van der Waals surface area contributed by atoms with Gasteiger partial charge in [-0.3, -0.25) is 0 Å². The number of hydrogen-bond acceptors (Lipinski definition) is 2. The number of hydrogen-bond donors (Lipinski definition) is 0. The number of aromatic nitrogens is 2. The maximum atomic E-state index is 4.85. The van der Waals surface area contributed by atoms with Crippen molar-refractivity contribution in [2.24, 2.45) is 0 Å². The van der Waals surface area contributed by atoms with Crippen LogP contribution >= 0.6 is 0 Å². The first-order valence-electron chi connectivity index (χ1n) is 16.4. The molecule has 0 amide bonds. The third-order valence-corrected chi connectivity index (χ3v) is 9.91. The minimum atomic E-state index is 0.971. The molecule has 2 heteroatoms. The van der Waals surface area contributed by atoms with Crippen molar-refractivity contribution in [3.05, 3.63) is 170 Å². The Bertz CT molecular complexity index is 2650. The maximum absolute atomic E-state index is 4.85. The molecule has 1 aromatic heterocycles. The van der Waals surface area contributed by atoms with Gasteiger partial charge in [-0.15, -0.1) is 0 Å². The third-order valence-electron chi connectivity index (χ3n) is 9.91. The molecule has 9 aromatic rings. The second-order valence-electron chi connectivity index (χ2n) is 12.5. The van der Waals surface area contributed by atoms with Crippen LogP contribution in [0.3, 0.4) is 0 Å². The highest BCUT2D eigenvalue weighted by Gasteiger charge is 2.26. The van der Waals surface area contributed by atoms with E-state index in [1.165, 1.54) is 71.3 Å². The van der Waals surface area contributed by atoms with Crippen LogP contribution in [0.15, 0.2) is 170 Å². The first-order valence-corrected chi connectivity index (χ1v) is 16.4. The average Bonchev–Trinajstić information content (AvgIpc) is 3.49. The van der Waals surface area contributed by atoms with Gasteiger partial charge in [-0.25, -0.2) is 9.97 Å². The Hall–Kier alpha value is -6.38. The van der Waals surface area contributed by atoms with Crippen molar-refractivity contribution in [3.8, 4) is 67.0 Å². The molecule has 2 nitrogen and oxygen atoms in total. The van der Waals surface area contributed by atoms with Crippen LogP contribution in [0.5, 0.6) is 0 Å². The van der Waals surface area contributed by atoms with E-state index in [2.05, 4.69) is 164 Å². The quantitative estimate of drug-likeness (QED) is 0.186. The van der Waals surface area contributed by atoms with Gasteiger partial charge >= 0.3 is 0 Å². The van der Waals surface area contributed by atoms with Gasteiger partial charge < -0.3 is 0 Å². The number of fused-ring (bicyclic) bond motifs is 5. The molecule has 1 aliphatic carbocycles. The van der Waals surface area contributed by atoms with E-state index < -0.39 is 0 Å². The monoisotopic (exact) mass is 608 g/mol. The molecule has 10 rings (SSSR count). The zero-order valence-electron chi connectivity index (χ0n) is 26.1. The standard InChI is InChI=1S/C46H28N2/c1-2-11-30(12-3-1)41-35-17-4-6-19-37(35)42(38-20-7-5-18-36(38)41)32-25-23-29(24-26-32)33-15-8-16-34(27-33)45-44-39-21-9-13-31-14-10-22-40(43(31)39)46(44)48-28-47-45/h1-28H. The lowest BCUT2D eigenvalue weighted by atomic mass is 9.85. The zero-order chi connectivity index (χ0) is 31.6. The van der Waals surface area contributed by atoms with Crippen molar-refractivity contribution in [1.29, 1.82) is 0 Å². The summed E-state index contributed by atoms with van der Waals surface area (Å²) >= 11 is 0. The Morgan fingerprint density at radius 3 is 1.48 bits per heavy atom. The lowest BCUT2D eigenvalue weighted by Crippen LogP contribution is -1.92. The van der Waals surface area contributed by atoms with Crippen LogP contribution in [0, 0.1) is 0 Å². The molecule has 0 bridgehead atoms. The highest BCUT2D eigenvalue weighted by Crippen LogP contribution is 2.49. The molecule has 222 valence electrons. The summed E-state index contributed by atoms with van der Waals surface area (Å²) in [6.07, 6.45) is 1.71. The Morgan fingerprint density at radius 1 is 0.312 bits per heavy atom. The molecule has 0 atom stereocenters. The van der Waals surface area contributed by atoms with Gasteiger partial charge in [-0.1, -0.05) is 158 Å². The molecule has 0 saturated carbocycles. The van der Waals surface area contributed by atoms with Crippen molar-refractivity contribution in [2.75, 3.05) is 0 Å². The molecule has 0 radical (unpaired) electrons. The molecule has 0 aliphatic heterocycles. The lowest BCUT2D eigenvalue weighted by molar-refractivity contribution is 1.19. The van der Waals surface area contributed by atoms with Crippen LogP contribution in [0.2, 0.25) is 0 Å². The van der Waals surface area contributed by atoms with Crippen LogP contribution in [0.4, 0.5) is 0 Å². The first kappa shape index (κ1) is 26.8. The van der Waals surface area contributed by atoms with E-state index in [9.17, 15) is 0 Å². The Kier molecular flexibility index (Phi) is 5.91. The van der Waals surface area contributed by atoms with Crippen LogP contribution < -0.4 is 0 Å². The fourth-order valence-electron chi connectivity index (χ4n) is 7.84. The van der Waals surface area contributed by atoms with Crippen molar-refractivity contribution < 1.29 is 0 Å². The highest BCUT2D eigenvalue weighted by molar-refractivity contribution is 6.21. The van der Waals surface area contributed by atoms with Crippen LogP contribution in [0.25, 0.3) is 99.3 Å². The molecular formula is C46H28N2. The number of rotatable bonds is 4. The molecule has 0 spiro atoms. The topological polar surface area (TPSA) is 25.8 Å². The van der Waals surface area contributed by atoms with E-state index in [0.717, 1.165) is 28.1 Å². The van der Waals surface area contributed by atoms with E-state index in [1.807, 2.05) is 0 Å². The number of benzene rings is 8. The second-order valence-corrected chi connectivity index (χ2v) is 12.5. The molecule has 8 aromatic carbocycles. The minimum absolute atomic E-state index is 0.971. The second kappa shape index (κ2) is 10.6. The molecule has 0 N–H and O–H groups in total. The molecule has 48 heavy (non-hydrogen) atoms. The predicted molar refractivity (Wildman–Crippen MR) is 201 cm³/mol. The molecule has 0 fully saturated rings. The Morgan fingerprint density at radius 2 is 0.812 bits per heavy atom. The van der Waals surface area contributed by atoms with Gasteiger partial charge in [-0.05, 0) is 77.3 Å². The summed E-state index contributed by atoms with van der Waals surface area (Å²) in [7, 11) is 0. The molecule has 1 aliphatic rings. The largest absolute Gasteiger partial charge is 0.236 e. The zero-order valence-corrected chi connectivity index (χ0v) is 26.1. The molecule has 1 heterocycles. The molecule has 0 saturated heterocycles. The van der Waals surface area contributed by atoms with Gasteiger partial charge in [0.2, 0.25) is 0 Å². The predicted octanol–water partition coefficient (Wildman–Crippen LogP) is 12.3. The van der Waals surface area contributed by atoms with Gasteiger partial charge in [0.25, 0.3) is 0 Å². The minimum Gasteiger partial charge on any atom is -0.236 e. The van der Waals surface area contributed by atoms with E-state index in [4.69, 9.17) is 9.97 Å². The smallest absolute Gasteiger partial charge is 0.116 e. The highest BCUT2D eigenvalue weighted by atomic mass is 14.9. The molecular weight excluding hydrogens is 581 g/mol. The summed E-state index contributed by atoms with van der Waals surface area (Å²) in [5, 5.41) is 7.56. The summed E-state index contributed by atoms with van der Waals surface area (Å²) in [6, 6.07) is 59.2. The Labute approximate surface area is 278 Å². The Balaban J connectivity index is 1.09. The normalized spacial score (nSPS) is 11.8. The summed E-state index contributed by atoms with van der Waals surface area (Å²) in [6.45, 7) is 0. The van der Waals surface area contributed by atoms with Crippen molar-refractivity contribution in [3.63, 3.8) is 0 Å². The SMILES string of the molecule is c1ccc(-c2c3ccccc3c(-c3ccc(-c4cccc(-c5ncnc6c5-c5cccc7cccc-6c57)c4)cc3)c3ccccc23)cc1. The fraction of sp³-hybridized carbons (Fsp3) is 0. The van der Waals surface area contributed by atoms with Gasteiger partial charge in [-0.2, -0.15) is 0 Å². The number of nitrogens with zero attached hydrogens (tertiary/aromatic N) is 2. The summed E-state index contributed by atoms with van der Waals surface area (Å²) < 4.78 is 0. The summed E-state index contributed by atoms with van der Waals surface area (Å²) in [4.78, 5) is 9.61. The summed E-state index contributed by atoms with van der Waals surface area (Å²) in [5.74, 6) is 0. The van der Waals surface area contributed by atoms with E-state index in [-0.39, 0.29) is 0 Å². The molecule has 0 unspecified atom stereocenters. The van der Waals surface area contributed by atoms with Crippen LogP contribution in [0.1, 0.15) is 0 Å². The first-order chi connectivity index (χ1) is 23.8. The fourth-order valence-corrected chi connectivity index (χ4v) is 7.84. The van der Waals surface area contributed by atoms with Gasteiger partial charge in [0.05, 0.1) is 11.4 Å². The van der Waals surface area contributed by atoms with E-state index in [1.54, 1.807) is 6.33 Å². The maximum Gasteiger partial charge on any atom is 0.116 e. The third kappa shape index (κ3) is 4.00. The van der Waals surface area contributed by atoms with Crippen molar-refractivity contribution in [1.82, 2.24) is 9.97 Å². The van der Waals surface area contributed by atoms with Crippen LogP contribution in [-0.2, 0) is 0 Å². The average molecular weight is 609 g/mol. The van der Waals surface area contributed by atoms with E-state index in [0.29, 0.717) is 0 Å². The summed E-state index contributed by atoms with van der Waals surface area (Å²) in [5.41, 5.74) is 13.9. The van der Waals surface area contributed by atoms with E-state index >= 15 is 0 Å². The van der Waals surface area contributed by atoms with Crippen molar-refractivity contribution >= 4 is 32.3 Å². The van der Waals surface area contributed by atoms with Gasteiger partial charge in [0.1, 0.15) is 6.33 Å². The van der Waals surface area contributed by atoms with Gasteiger partial charge in [0.15, 0.2) is 0 Å². The van der Waals surface area contributed by atoms with Crippen LogP contribution in [-0.4, -0.2) is 9.97 Å². The van der Waals surface area contributed by atoms with Crippen molar-refractivity contribution in [2.45, 2.75) is 0 Å². The lowest BCUT2D eigenvalue weighted by Gasteiger charge is -2.18.